The Labute approximate surface area is 286 Å². The molecule has 0 saturated heterocycles. The van der Waals surface area contributed by atoms with E-state index in [4.69, 9.17) is 4.74 Å². The van der Waals surface area contributed by atoms with Gasteiger partial charge in [-0.15, -0.1) is 0 Å². The maximum absolute atomic E-state index is 12.5. The van der Waals surface area contributed by atoms with Crippen LogP contribution in [0, 0.1) is 12.8 Å². The van der Waals surface area contributed by atoms with E-state index in [1.54, 1.807) is 12.1 Å². The number of nitrogens with zero attached hydrogens (tertiary/aromatic N) is 1. The molecule has 3 nitrogen and oxygen atoms in total. The van der Waals surface area contributed by atoms with Crippen LogP contribution in [-0.4, -0.2) is 35.6 Å². The van der Waals surface area contributed by atoms with Crippen LogP contribution in [0.4, 0.5) is 13.6 Å². The molecule has 1 aliphatic carbocycles. The number of alkyl halides is 2. The Balaban J connectivity index is -0.000000268. The number of aryl methyl sites for hydroxylation is 1. The fourth-order valence-corrected chi connectivity index (χ4v) is 3.97. The standard InChI is InChI=1S/C13H27NO2.C12H18.C10H12F2.3C2H6/c1-6-8-9-11-14(10-7-2)12(15)16-13(3,4)5;1-5-9(2)6-11(4)12-7-10(3)8-12;1-8-3-5-9(6-4-8)7-10(2,11)12;3*1-2/h6-11H2,1-5H3;5-7,10H,8H2,1-4H3;3-6H,7H2,1-2H3;3*1-2H3/b;9-5-,11-6+;;;;. The number of amides is 1. The van der Waals surface area contributed by atoms with Crippen molar-refractivity contribution in [3.05, 3.63) is 70.3 Å². The molecule has 0 radical (unpaired) electrons. The first-order valence-electron chi connectivity index (χ1n) is 17.9. The Morgan fingerprint density at radius 2 is 1.41 bits per heavy atom. The van der Waals surface area contributed by atoms with Gasteiger partial charge in [0, 0.05) is 19.5 Å². The van der Waals surface area contributed by atoms with Crippen LogP contribution < -0.4 is 0 Å². The van der Waals surface area contributed by atoms with Crippen molar-refractivity contribution in [3.8, 4) is 0 Å². The third-order valence-corrected chi connectivity index (χ3v) is 6.25. The van der Waals surface area contributed by atoms with Crippen molar-refractivity contribution in [1.82, 2.24) is 4.90 Å². The molecule has 0 N–H and O–H groups in total. The van der Waals surface area contributed by atoms with Gasteiger partial charge in [0.25, 0.3) is 0 Å². The Hall–Kier alpha value is -2.43. The summed E-state index contributed by atoms with van der Waals surface area (Å²) in [6.45, 7) is 35.1. The summed E-state index contributed by atoms with van der Waals surface area (Å²) >= 11 is 0. The lowest BCUT2D eigenvalue weighted by Crippen LogP contribution is -2.37. The fraction of sp³-hybridized carbons (Fsp3) is 0.683. The average molecular weight is 652 g/mol. The van der Waals surface area contributed by atoms with E-state index in [-0.39, 0.29) is 12.5 Å². The van der Waals surface area contributed by atoms with Crippen molar-refractivity contribution < 1.29 is 18.3 Å². The topological polar surface area (TPSA) is 29.5 Å². The first-order chi connectivity index (χ1) is 21.5. The smallest absolute Gasteiger partial charge is 0.410 e. The second kappa shape index (κ2) is 29.9. The number of benzene rings is 1. The van der Waals surface area contributed by atoms with Crippen LogP contribution in [0.1, 0.15) is 154 Å². The third-order valence-electron chi connectivity index (χ3n) is 6.25. The van der Waals surface area contributed by atoms with Gasteiger partial charge in [-0.25, -0.2) is 13.6 Å². The van der Waals surface area contributed by atoms with Gasteiger partial charge in [0.2, 0.25) is 5.92 Å². The van der Waals surface area contributed by atoms with Gasteiger partial charge in [0.05, 0.1) is 0 Å². The predicted molar refractivity (Wildman–Crippen MR) is 202 cm³/mol. The van der Waals surface area contributed by atoms with Crippen LogP contribution in [0.25, 0.3) is 0 Å². The third kappa shape index (κ3) is 30.2. The Morgan fingerprint density at radius 1 is 0.913 bits per heavy atom. The lowest BCUT2D eigenvalue weighted by Gasteiger charge is -2.27. The summed E-state index contributed by atoms with van der Waals surface area (Å²) in [6, 6.07) is 7.18. The molecule has 1 amide bonds. The molecule has 1 aliphatic rings. The molecule has 0 bridgehead atoms. The van der Waals surface area contributed by atoms with Crippen LogP contribution >= 0.6 is 0 Å². The summed E-state index contributed by atoms with van der Waals surface area (Å²) in [6.07, 6.45) is 12.1. The molecule has 1 unspecified atom stereocenters. The highest BCUT2D eigenvalue weighted by atomic mass is 19.3. The van der Waals surface area contributed by atoms with E-state index in [1.807, 2.05) is 86.3 Å². The van der Waals surface area contributed by atoms with E-state index in [9.17, 15) is 13.6 Å². The number of carbonyl (C=O) groups is 1. The van der Waals surface area contributed by atoms with E-state index >= 15 is 0 Å². The molecule has 1 atom stereocenters. The van der Waals surface area contributed by atoms with Crippen LogP contribution in [0.15, 0.2) is 59.2 Å². The zero-order valence-corrected chi connectivity index (χ0v) is 33.3. The highest BCUT2D eigenvalue weighted by Gasteiger charge is 2.22. The minimum atomic E-state index is -2.60. The maximum Gasteiger partial charge on any atom is 0.410 e. The largest absolute Gasteiger partial charge is 0.444 e. The number of carbonyl (C=O) groups excluding carboxylic acids is 1. The predicted octanol–water partition coefficient (Wildman–Crippen LogP) is 14.0. The fourth-order valence-electron chi connectivity index (χ4n) is 3.97. The molecule has 5 heteroatoms. The second-order valence-corrected chi connectivity index (χ2v) is 12.1. The summed E-state index contributed by atoms with van der Waals surface area (Å²) in [7, 11) is 0. The van der Waals surface area contributed by atoms with Crippen molar-refractivity contribution in [3.63, 3.8) is 0 Å². The van der Waals surface area contributed by atoms with Gasteiger partial charge >= 0.3 is 6.09 Å². The zero-order chi connectivity index (χ0) is 36.9. The van der Waals surface area contributed by atoms with Crippen LogP contribution in [-0.2, 0) is 11.2 Å². The highest BCUT2D eigenvalue weighted by Crippen LogP contribution is 2.31. The molecule has 46 heavy (non-hydrogen) atoms. The summed E-state index contributed by atoms with van der Waals surface area (Å²) in [5.74, 6) is -1.80. The lowest BCUT2D eigenvalue weighted by atomic mass is 9.83. The zero-order valence-electron chi connectivity index (χ0n) is 33.3. The van der Waals surface area contributed by atoms with Crippen molar-refractivity contribution in [2.75, 3.05) is 13.1 Å². The molecule has 0 spiro atoms. The Kier molecular flexibility index (Phi) is 32.8. The van der Waals surface area contributed by atoms with E-state index in [1.165, 1.54) is 36.0 Å². The van der Waals surface area contributed by atoms with E-state index in [0.717, 1.165) is 44.3 Å². The summed E-state index contributed by atoms with van der Waals surface area (Å²) in [5, 5.41) is 0. The molecule has 0 aromatic heterocycles. The molecule has 270 valence electrons. The molecule has 0 saturated carbocycles. The first-order valence-corrected chi connectivity index (χ1v) is 17.9. The number of hydrogen-bond donors (Lipinski definition) is 0. The Morgan fingerprint density at radius 3 is 1.78 bits per heavy atom. The van der Waals surface area contributed by atoms with Gasteiger partial charge in [0.15, 0.2) is 0 Å². The molecular weight excluding hydrogens is 576 g/mol. The quantitative estimate of drug-likeness (QED) is 0.186. The van der Waals surface area contributed by atoms with E-state index in [0.29, 0.717) is 5.56 Å². The molecule has 0 fully saturated rings. The number of allylic oxidation sites excluding steroid dienone is 6. The average Bonchev–Trinajstić information content (AvgIpc) is 2.98. The summed E-state index contributed by atoms with van der Waals surface area (Å²) in [4.78, 5) is 13.7. The van der Waals surface area contributed by atoms with Crippen LogP contribution in [0.2, 0.25) is 0 Å². The van der Waals surface area contributed by atoms with Crippen molar-refractivity contribution >= 4 is 6.09 Å². The molecule has 1 aromatic rings. The molecular formula is C41H75F2NO2. The highest BCUT2D eigenvalue weighted by molar-refractivity contribution is 5.68. The maximum atomic E-state index is 12.5. The van der Waals surface area contributed by atoms with Crippen LogP contribution in [0.3, 0.4) is 0 Å². The van der Waals surface area contributed by atoms with Crippen molar-refractivity contribution in [2.24, 2.45) is 5.92 Å². The summed E-state index contributed by atoms with van der Waals surface area (Å²) in [5.41, 5.74) is 5.71. The van der Waals surface area contributed by atoms with Gasteiger partial charge in [-0.1, -0.05) is 129 Å². The minimum Gasteiger partial charge on any atom is -0.444 e. The molecule has 0 aliphatic heterocycles. The van der Waals surface area contributed by atoms with Gasteiger partial charge in [-0.2, -0.15) is 0 Å². The minimum absolute atomic E-state index is 0.173. The number of unbranched alkanes of at least 4 members (excludes halogenated alkanes) is 2. The second-order valence-electron chi connectivity index (χ2n) is 12.1. The monoisotopic (exact) mass is 652 g/mol. The summed E-state index contributed by atoms with van der Waals surface area (Å²) < 4.78 is 30.4. The van der Waals surface area contributed by atoms with Gasteiger partial charge in [0.1, 0.15) is 5.60 Å². The molecule has 2 rings (SSSR count). The first kappa shape index (κ1) is 50.4. The SMILES string of the molecule is C/C=C(C)\C=C(/C)C1=CC(C)C1.CC.CC.CC.CCCCCN(CCC)C(=O)OC(C)(C)C.Cc1ccc(CC(C)(F)F)cc1. The molecule has 1 aromatic carbocycles. The van der Waals surface area contributed by atoms with E-state index in [2.05, 4.69) is 59.8 Å². The van der Waals surface area contributed by atoms with Crippen molar-refractivity contribution in [2.45, 2.75) is 168 Å². The van der Waals surface area contributed by atoms with E-state index < -0.39 is 11.5 Å². The normalized spacial score (nSPS) is 13.9. The number of rotatable bonds is 10. The Bertz CT molecular complexity index is 948. The number of hydrogen-bond acceptors (Lipinski definition) is 2. The van der Waals surface area contributed by atoms with Gasteiger partial charge < -0.3 is 9.64 Å². The van der Waals surface area contributed by atoms with Crippen LogP contribution in [0.5, 0.6) is 0 Å². The number of halogens is 2. The van der Waals surface area contributed by atoms with Gasteiger partial charge in [-0.3, -0.25) is 0 Å². The lowest BCUT2D eigenvalue weighted by molar-refractivity contribution is 0.0222. The number of ether oxygens (including phenoxy) is 1. The van der Waals surface area contributed by atoms with Crippen molar-refractivity contribution in [1.29, 1.82) is 0 Å². The van der Waals surface area contributed by atoms with Gasteiger partial charge in [-0.05, 0) is 97.3 Å². The molecule has 0 heterocycles.